The Balaban J connectivity index is 1.23. The average molecular weight is 511 g/mol. The quantitative estimate of drug-likeness (QED) is 0.621. The van der Waals surface area contributed by atoms with Gasteiger partial charge in [-0.3, -0.25) is 14.5 Å². The number of anilines is 1. The molecule has 0 aromatic heterocycles. The van der Waals surface area contributed by atoms with Crippen LogP contribution in [-0.4, -0.2) is 89.6 Å². The van der Waals surface area contributed by atoms with Crippen LogP contribution in [0.5, 0.6) is 5.75 Å². The number of nitrogens with zero attached hydrogens (tertiary/aromatic N) is 3. The summed E-state index contributed by atoms with van der Waals surface area (Å²) < 4.78 is 21.4. The SMILES string of the molecule is CC(=O)N1CCC(Nc2ccc3c(c2F)C(=O)N(CC(O)CN2CCc4ccccc4C2)CCO3)CC1. The number of fused-ring (bicyclic) bond motifs is 2. The lowest BCUT2D eigenvalue weighted by Gasteiger charge is -2.32. The van der Waals surface area contributed by atoms with Crippen molar-refractivity contribution in [2.45, 2.75) is 44.9 Å². The normalized spacial score (nSPS) is 19.5. The molecule has 5 rings (SSSR count). The van der Waals surface area contributed by atoms with Gasteiger partial charge in [0.25, 0.3) is 5.91 Å². The highest BCUT2D eigenvalue weighted by molar-refractivity contribution is 5.98. The lowest BCUT2D eigenvalue weighted by Crippen LogP contribution is -2.44. The number of likely N-dealkylation sites (tertiary alicyclic amines) is 1. The smallest absolute Gasteiger partial charge is 0.260 e. The Kier molecular flexibility index (Phi) is 7.62. The monoisotopic (exact) mass is 510 g/mol. The molecular weight excluding hydrogens is 475 g/mol. The van der Waals surface area contributed by atoms with Gasteiger partial charge in [0.2, 0.25) is 5.91 Å². The summed E-state index contributed by atoms with van der Waals surface area (Å²) in [7, 11) is 0. The molecule has 0 bridgehead atoms. The number of hydrogen-bond acceptors (Lipinski definition) is 6. The number of aliphatic hydroxyl groups excluding tert-OH is 1. The second-order valence-electron chi connectivity index (χ2n) is 10.2. The number of rotatable bonds is 6. The zero-order valence-corrected chi connectivity index (χ0v) is 21.3. The average Bonchev–Trinajstić information content (AvgIpc) is 3.04. The minimum atomic E-state index is -0.758. The van der Waals surface area contributed by atoms with Crippen LogP contribution < -0.4 is 10.1 Å². The molecule has 0 spiro atoms. The van der Waals surface area contributed by atoms with Gasteiger partial charge >= 0.3 is 0 Å². The highest BCUT2D eigenvalue weighted by atomic mass is 19.1. The Labute approximate surface area is 217 Å². The Morgan fingerprint density at radius 3 is 2.62 bits per heavy atom. The fraction of sp³-hybridized carbons (Fsp3) is 0.500. The number of nitrogens with one attached hydrogen (secondary N) is 1. The van der Waals surface area contributed by atoms with Gasteiger partial charge < -0.3 is 25.0 Å². The highest BCUT2D eigenvalue weighted by Gasteiger charge is 2.31. The Morgan fingerprint density at radius 1 is 1.11 bits per heavy atom. The molecule has 2 N–H and O–H groups in total. The van der Waals surface area contributed by atoms with Crippen molar-refractivity contribution in [1.82, 2.24) is 14.7 Å². The molecule has 1 fully saturated rings. The Morgan fingerprint density at radius 2 is 1.86 bits per heavy atom. The van der Waals surface area contributed by atoms with Gasteiger partial charge in [-0.2, -0.15) is 0 Å². The number of halogens is 1. The molecule has 0 aliphatic carbocycles. The van der Waals surface area contributed by atoms with Crippen molar-refractivity contribution < 1.29 is 23.8 Å². The lowest BCUT2D eigenvalue weighted by molar-refractivity contribution is -0.129. The molecule has 0 radical (unpaired) electrons. The van der Waals surface area contributed by atoms with Crippen LogP contribution in [-0.2, 0) is 17.8 Å². The first kappa shape index (κ1) is 25.5. The van der Waals surface area contributed by atoms with Gasteiger partial charge in [0, 0.05) is 52.2 Å². The van der Waals surface area contributed by atoms with Gasteiger partial charge in [0.05, 0.1) is 18.3 Å². The summed E-state index contributed by atoms with van der Waals surface area (Å²) in [5.41, 5.74) is 2.77. The van der Waals surface area contributed by atoms with Gasteiger partial charge in [-0.05, 0) is 42.5 Å². The van der Waals surface area contributed by atoms with Crippen LogP contribution in [0.2, 0.25) is 0 Å². The topological polar surface area (TPSA) is 85.4 Å². The van der Waals surface area contributed by atoms with Gasteiger partial charge in [-0.15, -0.1) is 0 Å². The van der Waals surface area contributed by atoms with Crippen LogP contribution in [0.1, 0.15) is 41.3 Å². The molecule has 3 aliphatic heterocycles. The summed E-state index contributed by atoms with van der Waals surface area (Å²) >= 11 is 0. The van der Waals surface area contributed by atoms with Gasteiger partial charge in [0.15, 0.2) is 5.82 Å². The van der Waals surface area contributed by atoms with Crippen LogP contribution in [0.25, 0.3) is 0 Å². The standard InChI is InChI=1S/C28H35FN4O4/c1-19(34)32-12-9-22(10-13-32)30-24-6-7-25-26(27(24)29)28(36)33(14-15-37-25)18-23(35)17-31-11-8-20-4-2-3-5-21(20)16-31/h2-7,22-23,30,35H,8-18H2,1H3. The van der Waals surface area contributed by atoms with E-state index in [4.69, 9.17) is 4.74 Å². The third kappa shape index (κ3) is 5.72. The second kappa shape index (κ2) is 11.1. The van der Waals surface area contributed by atoms with E-state index in [0.717, 1.165) is 19.5 Å². The Hall–Kier alpha value is -3.17. The minimum absolute atomic E-state index is 0.0116. The third-order valence-electron chi connectivity index (χ3n) is 7.63. The number of piperidine rings is 1. The minimum Gasteiger partial charge on any atom is -0.491 e. The maximum absolute atomic E-state index is 15.6. The molecule has 1 saturated heterocycles. The summed E-state index contributed by atoms with van der Waals surface area (Å²) in [4.78, 5) is 30.5. The molecule has 8 nitrogen and oxygen atoms in total. The second-order valence-corrected chi connectivity index (χ2v) is 10.2. The van der Waals surface area contributed by atoms with Gasteiger partial charge in [-0.1, -0.05) is 24.3 Å². The number of benzene rings is 2. The van der Waals surface area contributed by atoms with Crippen molar-refractivity contribution in [3.05, 3.63) is 58.9 Å². The molecule has 3 heterocycles. The van der Waals surface area contributed by atoms with Crippen LogP contribution in [0, 0.1) is 5.82 Å². The van der Waals surface area contributed by atoms with Crippen LogP contribution in [0.4, 0.5) is 10.1 Å². The van der Waals surface area contributed by atoms with E-state index < -0.39 is 17.8 Å². The highest BCUT2D eigenvalue weighted by Crippen LogP contribution is 2.32. The Bertz CT molecular complexity index is 1150. The zero-order valence-electron chi connectivity index (χ0n) is 21.3. The maximum atomic E-state index is 15.6. The van der Waals surface area contributed by atoms with Crippen LogP contribution >= 0.6 is 0 Å². The molecule has 37 heavy (non-hydrogen) atoms. The molecule has 2 aromatic rings. The van der Waals surface area contributed by atoms with Crippen molar-refractivity contribution in [3.8, 4) is 5.75 Å². The number of aliphatic hydroxyl groups is 1. The van der Waals surface area contributed by atoms with Crippen molar-refractivity contribution in [2.24, 2.45) is 0 Å². The van der Waals surface area contributed by atoms with Gasteiger partial charge in [0.1, 0.15) is 17.9 Å². The number of ether oxygens (including phenoxy) is 1. The maximum Gasteiger partial charge on any atom is 0.260 e. The summed E-state index contributed by atoms with van der Waals surface area (Å²) in [6.07, 6.45) is 1.59. The molecule has 0 saturated carbocycles. The fourth-order valence-corrected chi connectivity index (χ4v) is 5.57. The molecule has 1 unspecified atom stereocenters. The van der Waals surface area contributed by atoms with Crippen molar-refractivity contribution in [1.29, 1.82) is 0 Å². The number of carbonyl (C=O) groups is 2. The summed E-state index contributed by atoms with van der Waals surface area (Å²) in [5, 5.41) is 14.1. The van der Waals surface area contributed by atoms with Crippen LogP contribution in [0.15, 0.2) is 36.4 Å². The van der Waals surface area contributed by atoms with E-state index in [1.54, 1.807) is 24.0 Å². The van der Waals surface area contributed by atoms with Crippen molar-refractivity contribution >= 4 is 17.5 Å². The number of hydrogen-bond donors (Lipinski definition) is 2. The lowest BCUT2D eigenvalue weighted by atomic mass is 10.00. The summed E-state index contributed by atoms with van der Waals surface area (Å²) in [6.45, 7) is 5.48. The van der Waals surface area contributed by atoms with E-state index in [0.29, 0.717) is 32.5 Å². The van der Waals surface area contributed by atoms with Crippen LogP contribution in [0.3, 0.4) is 0 Å². The van der Waals surface area contributed by atoms with E-state index in [1.165, 1.54) is 16.0 Å². The summed E-state index contributed by atoms with van der Waals surface area (Å²) in [5.74, 6) is -0.831. The van der Waals surface area contributed by atoms with E-state index in [2.05, 4.69) is 22.3 Å². The van der Waals surface area contributed by atoms with E-state index >= 15 is 4.39 Å². The first-order valence-corrected chi connectivity index (χ1v) is 13.1. The fourth-order valence-electron chi connectivity index (χ4n) is 5.57. The molecule has 1 atom stereocenters. The van der Waals surface area contributed by atoms with E-state index in [1.807, 2.05) is 12.1 Å². The van der Waals surface area contributed by atoms with Crippen molar-refractivity contribution in [3.63, 3.8) is 0 Å². The molecule has 2 aromatic carbocycles. The summed E-state index contributed by atoms with van der Waals surface area (Å²) in [6, 6.07) is 11.6. The van der Waals surface area contributed by atoms with E-state index in [9.17, 15) is 14.7 Å². The largest absolute Gasteiger partial charge is 0.491 e. The number of amides is 2. The number of β-amino-alcohol motifs (C(OH)–C–C–N with tert-alkyl or cyclic N) is 1. The predicted molar refractivity (Wildman–Crippen MR) is 138 cm³/mol. The molecule has 198 valence electrons. The van der Waals surface area contributed by atoms with Crippen molar-refractivity contribution in [2.75, 3.05) is 51.2 Å². The predicted octanol–water partition coefficient (Wildman–Crippen LogP) is 2.50. The molecule has 2 amide bonds. The van der Waals surface area contributed by atoms with Gasteiger partial charge in [-0.25, -0.2) is 4.39 Å². The zero-order chi connectivity index (χ0) is 25.9. The number of carbonyl (C=O) groups excluding carboxylic acids is 2. The first-order valence-electron chi connectivity index (χ1n) is 13.1. The molecule has 3 aliphatic rings. The third-order valence-corrected chi connectivity index (χ3v) is 7.63. The molecule has 9 heteroatoms. The van der Waals surface area contributed by atoms with E-state index in [-0.39, 0.29) is 48.6 Å². The first-order chi connectivity index (χ1) is 17.9. The molecular formula is C28H35FN4O4.